The van der Waals surface area contributed by atoms with Crippen molar-refractivity contribution in [3.8, 4) is 0 Å². The summed E-state index contributed by atoms with van der Waals surface area (Å²) in [6, 6.07) is 1.99. The molecule has 0 radical (unpaired) electrons. The van der Waals surface area contributed by atoms with E-state index in [0.717, 1.165) is 44.7 Å². The first-order valence-electron chi connectivity index (χ1n) is 12.6. The van der Waals surface area contributed by atoms with Gasteiger partial charge in [0.05, 0.1) is 30.2 Å². The van der Waals surface area contributed by atoms with E-state index in [0.29, 0.717) is 26.3 Å². The average Bonchev–Trinajstić information content (AvgIpc) is 3.58. The lowest BCUT2D eigenvalue weighted by molar-refractivity contribution is -0.145. The number of amides is 1. The number of fused-ring (bicyclic) bond motifs is 2. The molecule has 1 aromatic rings. The van der Waals surface area contributed by atoms with E-state index in [9.17, 15) is 18.0 Å². The van der Waals surface area contributed by atoms with Gasteiger partial charge < -0.3 is 24.6 Å². The lowest BCUT2D eigenvalue weighted by atomic mass is 9.81. The molecule has 4 fully saturated rings. The molecule has 8 nitrogen and oxygen atoms in total. The summed E-state index contributed by atoms with van der Waals surface area (Å²) in [5.41, 5.74) is -0.390. The van der Waals surface area contributed by atoms with Gasteiger partial charge in [0.1, 0.15) is 5.82 Å². The van der Waals surface area contributed by atoms with Crippen LogP contribution in [0.1, 0.15) is 51.3 Å². The summed E-state index contributed by atoms with van der Waals surface area (Å²) >= 11 is 0. The van der Waals surface area contributed by atoms with Gasteiger partial charge in [0, 0.05) is 45.1 Å². The van der Waals surface area contributed by atoms with E-state index in [1.54, 1.807) is 7.11 Å². The van der Waals surface area contributed by atoms with Gasteiger partial charge in [-0.1, -0.05) is 6.92 Å². The number of carbonyl (C=O) groups is 1. The van der Waals surface area contributed by atoms with Gasteiger partial charge in [-0.05, 0) is 44.6 Å². The molecule has 11 heteroatoms. The van der Waals surface area contributed by atoms with Crippen LogP contribution in [0.15, 0.2) is 12.3 Å². The molecule has 194 valence electrons. The van der Waals surface area contributed by atoms with Crippen molar-refractivity contribution in [3.63, 3.8) is 0 Å². The molecule has 5 rings (SSSR count). The van der Waals surface area contributed by atoms with Crippen LogP contribution < -0.4 is 10.2 Å². The number of alkyl halides is 3. The number of carbonyl (C=O) groups excluding carboxylic acids is 1. The number of anilines is 1. The Morgan fingerprint density at radius 2 is 2.14 bits per heavy atom. The maximum absolute atomic E-state index is 13.8. The van der Waals surface area contributed by atoms with Gasteiger partial charge in [-0.2, -0.15) is 13.2 Å². The summed E-state index contributed by atoms with van der Waals surface area (Å²) in [5.74, 6) is -0.641. The molecule has 0 spiro atoms. The fourth-order valence-electron chi connectivity index (χ4n) is 6.52. The highest BCUT2D eigenvalue weighted by Gasteiger charge is 2.53. The van der Waals surface area contributed by atoms with Gasteiger partial charge in [0.2, 0.25) is 11.7 Å². The number of piperazine rings is 1. The summed E-state index contributed by atoms with van der Waals surface area (Å²) in [7, 11) is 1.71. The number of hydrogen-bond donors (Lipinski definition) is 1. The summed E-state index contributed by atoms with van der Waals surface area (Å²) in [5, 5.41) is 3.74. The Morgan fingerprint density at radius 1 is 1.31 bits per heavy atom. The third-order valence-corrected chi connectivity index (χ3v) is 8.49. The molecule has 1 aliphatic carbocycles. The molecule has 3 saturated heterocycles. The van der Waals surface area contributed by atoms with Crippen molar-refractivity contribution < 1.29 is 27.4 Å². The summed E-state index contributed by atoms with van der Waals surface area (Å²) < 4.78 is 50.3. The zero-order valence-electron chi connectivity index (χ0n) is 20.3. The number of aromatic nitrogens is 2. The zero-order chi connectivity index (χ0) is 24.8. The molecule has 1 amide bonds. The van der Waals surface area contributed by atoms with Crippen LogP contribution in [0.2, 0.25) is 0 Å². The normalized spacial score (nSPS) is 35.2. The minimum absolute atomic E-state index is 0.000557. The van der Waals surface area contributed by atoms with Crippen LogP contribution in [0, 0.1) is 5.41 Å². The van der Waals surface area contributed by atoms with Crippen molar-refractivity contribution in [2.45, 2.75) is 81.9 Å². The van der Waals surface area contributed by atoms with Gasteiger partial charge in [-0.15, -0.1) is 0 Å². The van der Waals surface area contributed by atoms with Gasteiger partial charge in [0.15, 0.2) is 0 Å². The molecule has 1 N–H and O–H groups in total. The fraction of sp³-hybridized carbons (Fsp3) is 0.792. The third kappa shape index (κ3) is 4.62. The van der Waals surface area contributed by atoms with Crippen molar-refractivity contribution >= 4 is 11.7 Å². The molecular formula is C24H34F3N5O3. The third-order valence-electron chi connectivity index (χ3n) is 8.49. The van der Waals surface area contributed by atoms with Crippen LogP contribution in [0.4, 0.5) is 19.0 Å². The zero-order valence-corrected chi connectivity index (χ0v) is 20.3. The Bertz CT molecular complexity index is 934. The highest BCUT2D eigenvalue weighted by atomic mass is 19.4. The highest BCUT2D eigenvalue weighted by Crippen LogP contribution is 2.46. The quantitative estimate of drug-likeness (QED) is 0.647. The largest absolute Gasteiger partial charge is 0.451 e. The molecule has 4 heterocycles. The molecule has 3 aliphatic heterocycles. The standard InChI is InChI=1S/C24H34F3N5O3/c1-3-23(7-4-15(11-23)29-18-6-9-35-14-19(18)34-2)22(33)32-13-16-10-17(32)12-31(16)20-5-8-28-21(30-20)24(25,26)27/h5,8,15-19,29H,3-4,6-7,9-14H2,1-2H3/t15-,16+,17+,18+,19-,23+/m1/s1. The van der Waals surface area contributed by atoms with E-state index < -0.39 is 12.0 Å². The molecule has 0 aromatic carbocycles. The van der Waals surface area contributed by atoms with Crippen LogP contribution >= 0.6 is 0 Å². The Kier molecular flexibility index (Phi) is 6.69. The highest BCUT2D eigenvalue weighted by molar-refractivity contribution is 5.84. The molecule has 1 aromatic heterocycles. The van der Waals surface area contributed by atoms with Crippen LogP contribution in [0.5, 0.6) is 0 Å². The second-order valence-corrected chi connectivity index (χ2v) is 10.4. The molecule has 2 bridgehead atoms. The molecule has 35 heavy (non-hydrogen) atoms. The smallest absolute Gasteiger partial charge is 0.379 e. The first kappa shape index (κ1) is 24.7. The lowest BCUT2D eigenvalue weighted by Gasteiger charge is -2.40. The monoisotopic (exact) mass is 497 g/mol. The van der Waals surface area contributed by atoms with Gasteiger partial charge in [-0.3, -0.25) is 4.79 Å². The van der Waals surface area contributed by atoms with Gasteiger partial charge >= 0.3 is 6.18 Å². The summed E-state index contributed by atoms with van der Waals surface area (Å²) in [4.78, 5) is 24.9. The van der Waals surface area contributed by atoms with Crippen molar-refractivity contribution in [1.29, 1.82) is 0 Å². The topological polar surface area (TPSA) is 79.8 Å². The van der Waals surface area contributed by atoms with E-state index in [1.807, 2.05) is 9.80 Å². The minimum Gasteiger partial charge on any atom is -0.379 e. The molecule has 4 aliphatic rings. The molecule has 1 saturated carbocycles. The van der Waals surface area contributed by atoms with Gasteiger partial charge in [0.25, 0.3) is 0 Å². The Morgan fingerprint density at radius 3 is 2.83 bits per heavy atom. The predicted molar refractivity (Wildman–Crippen MR) is 122 cm³/mol. The molecule has 6 atom stereocenters. The van der Waals surface area contributed by atoms with E-state index >= 15 is 0 Å². The number of nitrogens with zero attached hydrogens (tertiary/aromatic N) is 4. The predicted octanol–water partition coefficient (Wildman–Crippen LogP) is 2.63. The maximum atomic E-state index is 13.8. The second-order valence-electron chi connectivity index (χ2n) is 10.4. The van der Waals surface area contributed by atoms with E-state index in [-0.39, 0.29) is 47.4 Å². The SMILES string of the molecule is CC[C@]1(C(=O)N2C[C@@H]3C[C@H]2CN3c2ccnc(C(F)(F)F)n2)CC[C@@H](N[C@H]2CCOC[C@H]2OC)C1. The van der Waals surface area contributed by atoms with Crippen molar-refractivity contribution in [2.75, 3.05) is 38.3 Å². The maximum Gasteiger partial charge on any atom is 0.451 e. The average molecular weight is 498 g/mol. The minimum atomic E-state index is -4.58. The van der Waals surface area contributed by atoms with Crippen molar-refractivity contribution in [1.82, 2.24) is 20.2 Å². The van der Waals surface area contributed by atoms with E-state index in [2.05, 4.69) is 22.2 Å². The molecular weight excluding hydrogens is 463 g/mol. The molecule has 0 unspecified atom stereocenters. The van der Waals surface area contributed by atoms with Crippen LogP contribution in [0.3, 0.4) is 0 Å². The fourth-order valence-corrected chi connectivity index (χ4v) is 6.52. The Hall–Kier alpha value is -1.98. The van der Waals surface area contributed by atoms with Crippen LogP contribution in [-0.2, 0) is 20.4 Å². The first-order chi connectivity index (χ1) is 16.7. The van der Waals surface area contributed by atoms with Crippen molar-refractivity contribution in [2.24, 2.45) is 5.41 Å². The Labute approximate surface area is 203 Å². The summed E-state index contributed by atoms with van der Waals surface area (Å²) in [6.45, 7) is 4.42. The number of hydrogen-bond acceptors (Lipinski definition) is 7. The van der Waals surface area contributed by atoms with Crippen LogP contribution in [-0.4, -0.2) is 84.5 Å². The number of halogens is 3. The number of nitrogens with one attached hydrogen (secondary N) is 1. The van der Waals surface area contributed by atoms with Gasteiger partial charge in [-0.25, -0.2) is 9.97 Å². The lowest BCUT2D eigenvalue weighted by Crippen LogP contribution is -2.54. The second kappa shape index (κ2) is 9.48. The van der Waals surface area contributed by atoms with E-state index in [4.69, 9.17) is 9.47 Å². The number of ether oxygens (including phenoxy) is 2. The van der Waals surface area contributed by atoms with Crippen molar-refractivity contribution in [3.05, 3.63) is 18.1 Å². The number of likely N-dealkylation sites (tertiary alicyclic amines) is 1. The first-order valence-corrected chi connectivity index (χ1v) is 12.6. The van der Waals surface area contributed by atoms with Crippen LogP contribution in [0.25, 0.3) is 0 Å². The number of rotatable bonds is 6. The van der Waals surface area contributed by atoms with E-state index in [1.165, 1.54) is 6.07 Å². The summed E-state index contributed by atoms with van der Waals surface area (Å²) in [6.07, 6.45) is 1.63. The Balaban J connectivity index is 1.23. The number of methoxy groups -OCH3 is 1.